The second-order valence-corrected chi connectivity index (χ2v) is 5.34. The molecule has 3 atom stereocenters. The van der Waals surface area contributed by atoms with E-state index >= 15 is 0 Å². The fraction of sp³-hybridized carbons (Fsp3) is 1.00. The minimum Gasteiger partial charge on any atom is -0.381 e. The largest absolute Gasteiger partial charge is 0.381 e. The lowest BCUT2D eigenvalue weighted by atomic mass is 9.95. The Morgan fingerprint density at radius 1 is 1.38 bits per heavy atom. The van der Waals surface area contributed by atoms with Gasteiger partial charge in [0.2, 0.25) is 0 Å². The standard InChI is InChI=1S/C13H26N2O/c1-2-12-5-3-4-7-15(12)9-13(14)11-6-8-16-10-11/h11-13H,2-10,14H2,1H3. The van der Waals surface area contributed by atoms with E-state index in [0.717, 1.165) is 32.2 Å². The van der Waals surface area contributed by atoms with E-state index in [1.54, 1.807) is 0 Å². The third kappa shape index (κ3) is 2.96. The van der Waals surface area contributed by atoms with E-state index < -0.39 is 0 Å². The van der Waals surface area contributed by atoms with Gasteiger partial charge in [0.05, 0.1) is 6.61 Å². The highest BCUT2D eigenvalue weighted by Gasteiger charge is 2.27. The summed E-state index contributed by atoms with van der Waals surface area (Å²) in [5.74, 6) is 0.597. The van der Waals surface area contributed by atoms with Crippen molar-refractivity contribution in [3.05, 3.63) is 0 Å². The van der Waals surface area contributed by atoms with Crippen molar-refractivity contribution < 1.29 is 4.74 Å². The molecule has 2 heterocycles. The van der Waals surface area contributed by atoms with Gasteiger partial charge in [0, 0.05) is 31.2 Å². The zero-order valence-corrected chi connectivity index (χ0v) is 10.5. The van der Waals surface area contributed by atoms with Gasteiger partial charge in [-0.1, -0.05) is 13.3 Å². The van der Waals surface area contributed by atoms with E-state index in [1.165, 1.54) is 32.2 Å². The quantitative estimate of drug-likeness (QED) is 0.791. The van der Waals surface area contributed by atoms with E-state index in [2.05, 4.69) is 11.8 Å². The SMILES string of the molecule is CCC1CCCCN1CC(N)C1CCOC1. The zero-order valence-electron chi connectivity index (χ0n) is 10.5. The molecule has 0 aromatic carbocycles. The Morgan fingerprint density at radius 3 is 2.94 bits per heavy atom. The minimum absolute atomic E-state index is 0.314. The summed E-state index contributed by atoms with van der Waals surface area (Å²) in [5.41, 5.74) is 6.31. The molecule has 16 heavy (non-hydrogen) atoms. The summed E-state index contributed by atoms with van der Waals surface area (Å²) in [6.07, 6.45) is 6.55. The van der Waals surface area contributed by atoms with Crippen LogP contribution in [0.15, 0.2) is 0 Å². The van der Waals surface area contributed by atoms with Gasteiger partial charge in [-0.15, -0.1) is 0 Å². The molecule has 2 saturated heterocycles. The molecule has 2 fully saturated rings. The number of rotatable bonds is 4. The van der Waals surface area contributed by atoms with Crippen LogP contribution in [0.5, 0.6) is 0 Å². The van der Waals surface area contributed by atoms with E-state index in [0.29, 0.717) is 12.0 Å². The maximum atomic E-state index is 6.31. The molecule has 2 rings (SSSR count). The molecule has 0 aliphatic carbocycles. The van der Waals surface area contributed by atoms with Crippen molar-refractivity contribution in [3.8, 4) is 0 Å². The van der Waals surface area contributed by atoms with Gasteiger partial charge >= 0.3 is 0 Å². The number of nitrogens with two attached hydrogens (primary N) is 1. The van der Waals surface area contributed by atoms with Crippen LogP contribution >= 0.6 is 0 Å². The van der Waals surface area contributed by atoms with Crippen molar-refractivity contribution >= 4 is 0 Å². The smallest absolute Gasteiger partial charge is 0.0510 e. The summed E-state index contributed by atoms with van der Waals surface area (Å²) < 4.78 is 5.42. The Bertz CT molecular complexity index is 204. The molecule has 0 aromatic rings. The van der Waals surface area contributed by atoms with E-state index in [-0.39, 0.29) is 0 Å². The predicted octanol–water partition coefficient (Wildman–Crippen LogP) is 1.61. The topological polar surface area (TPSA) is 38.5 Å². The number of nitrogens with zero attached hydrogens (tertiary/aromatic N) is 1. The molecule has 0 aromatic heterocycles. The summed E-state index contributed by atoms with van der Waals surface area (Å²) in [4.78, 5) is 2.62. The molecule has 3 nitrogen and oxygen atoms in total. The van der Waals surface area contributed by atoms with E-state index in [4.69, 9.17) is 10.5 Å². The Balaban J connectivity index is 1.81. The first-order valence-electron chi connectivity index (χ1n) is 6.88. The normalized spacial score (nSPS) is 34.1. The number of likely N-dealkylation sites (tertiary alicyclic amines) is 1. The lowest BCUT2D eigenvalue weighted by molar-refractivity contribution is 0.119. The molecule has 0 spiro atoms. The third-order valence-electron chi connectivity index (χ3n) is 4.24. The van der Waals surface area contributed by atoms with Crippen LogP contribution in [0, 0.1) is 5.92 Å². The summed E-state index contributed by atoms with van der Waals surface area (Å²) in [7, 11) is 0. The molecular weight excluding hydrogens is 200 g/mol. The Morgan fingerprint density at radius 2 is 2.25 bits per heavy atom. The van der Waals surface area contributed by atoms with Gasteiger partial charge < -0.3 is 10.5 Å². The first-order valence-corrected chi connectivity index (χ1v) is 6.88. The monoisotopic (exact) mass is 226 g/mol. The molecule has 0 radical (unpaired) electrons. The molecule has 2 aliphatic rings. The van der Waals surface area contributed by atoms with Gasteiger partial charge in [-0.05, 0) is 32.2 Å². The van der Waals surface area contributed by atoms with Crippen LogP contribution in [0.2, 0.25) is 0 Å². The van der Waals surface area contributed by atoms with Crippen LogP contribution in [0.4, 0.5) is 0 Å². The van der Waals surface area contributed by atoms with Crippen molar-refractivity contribution in [3.63, 3.8) is 0 Å². The maximum absolute atomic E-state index is 6.31. The highest BCUT2D eigenvalue weighted by Crippen LogP contribution is 2.22. The average Bonchev–Trinajstić information content (AvgIpc) is 2.83. The van der Waals surface area contributed by atoms with Crippen LogP contribution in [0.25, 0.3) is 0 Å². The zero-order chi connectivity index (χ0) is 11.4. The van der Waals surface area contributed by atoms with Crippen LogP contribution < -0.4 is 5.73 Å². The Labute approximate surface area is 99.3 Å². The Kier molecular flexibility index (Phi) is 4.62. The molecule has 94 valence electrons. The summed E-state index contributed by atoms with van der Waals surface area (Å²) in [6.45, 7) is 6.42. The van der Waals surface area contributed by atoms with Crippen molar-refractivity contribution in [2.24, 2.45) is 11.7 Å². The number of hydrogen-bond acceptors (Lipinski definition) is 3. The maximum Gasteiger partial charge on any atom is 0.0510 e. The summed E-state index contributed by atoms with van der Waals surface area (Å²) >= 11 is 0. The molecule has 3 heteroatoms. The highest BCUT2D eigenvalue weighted by atomic mass is 16.5. The van der Waals surface area contributed by atoms with Gasteiger partial charge in [-0.25, -0.2) is 0 Å². The fourth-order valence-corrected chi connectivity index (χ4v) is 3.07. The van der Waals surface area contributed by atoms with Crippen LogP contribution in [0.1, 0.15) is 39.0 Å². The minimum atomic E-state index is 0.314. The van der Waals surface area contributed by atoms with Gasteiger partial charge in [-0.3, -0.25) is 4.90 Å². The predicted molar refractivity (Wildman–Crippen MR) is 66.4 cm³/mol. The van der Waals surface area contributed by atoms with Gasteiger partial charge in [0.25, 0.3) is 0 Å². The number of piperidine rings is 1. The first-order chi connectivity index (χ1) is 7.81. The van der Waals surface area contributed by atoms with E-state index in [1.807, 2.05) is 0 Å². The van der Waals surface area contributed by atoms with Gasteiger partial charge in [0.1, 0.15) is 0 Å². The van der Waals surface area contributed by atoms with Crippen molar-refractivity contribution in [1.82, 2.24) is 4.90 Å². The molecule has 0 amide bonds. The fourth-order valence-electron chi connectivity index (χ4n) is 3.07. The lowest BCUT2D eigenvalue weighted by Crippen LogP contribution is -2.48. The molecule has 2 N–H and O–H groups in total. The van der Waals surface area contributed by atoms with Crippen molar-refractivity contribution in [2.45, 2.75) is 51.1 Å². The molecule has 3 unspecified atom stereocenters. The summed E-state index contributed by atoms with van der Waals surface area (Å²) in [5, 5.41) is 0. The second kappa shape index (κ2) is 5.99. The molecule has 2 aliphatic heterocycles. The van der Waals surface area contributed by atoms with E-state index in [9.17, 15) is 0 Å². The van der Waals surface area contributed by atoms with Crippen molar-refractivity contribution in [1.29, 1.82) is 0 Å². The van der Waals surface area contributed by atoms with Crippen molar-refractivity contribution in [2.75, 3.05) is 26.3 Å². The number of hydrogen-bond donors (Lipinski definition) is 1. The molecule has 0 saturated carbocycles. The van der Waals surface area contributed by atoms with Crippen LogP contribution in [-0.4, -0.2) is 43.3 Å². The van der Waals surface area contributed by atoms with Gasteiger partial charge in [0.15, 0.2) is 0 Å². The summed E-state index contributed by atoms with van der Waals surface area (Å²) in [6, 6.07) is 1.09. The molecular formula is C13H26N2O. The third-order valence-corrected chi connectivity index (χ3v) is 4.24. The number of ether oxygens (including phenoxy) is 1. The second-order valence-electron chi connectivity index (χ2n) is 5.34. The average molecular weight is 226 g/mol. The lowest BCUT2D eigenvalue weighted by Gasteiger charge is -2.37. The Hall–Kier alpha value is -0.120. The molecule has 0 bridgehead atoms. The van der Waals surface area contributed by atoms with Gasteiger partial charge in [-0.2, -0.15) is 0 Å². The highest BCUT2D eigenvalue weighted by molar-refractivity contribution is 4.83. The van der Waals surface area contributed by atoms with Crippen LogP contribution in [0.3, 0.4) is 0 Å². The first kappa shape index (κ1) is 12.3. The van der Waals surface area contributed by atoms with Crippen LogP contribution in [-0.2, 0) is 4.74 Å².